The van der Waals surface area contributed by atoms with Gasteiger partial charge in [0.2, 0.25) is 0 Å². The first kappa shape index (κ1) is 28.3. The predicted molar refractivity (Wildman–Crippen MR) is 155 cm³/mol. The maximum absolute atomic E-state index is 14.2. The summed E-state index contributed by atoms with van der Waals surface area (Å²) >= 11 is 0. The normalized spacial score (nSPS) is 19.2. The quantitative estimate of drug-likeness (QED) is 0.388. The molecule has 2 aromatic heterocycles. The number of halogens is 1. The molecule has 2 fully saturated rings. The molecular formula is C31H38FN7O3. The SMILES string of the molecule is CCC1NCCc2nccc(OC3CC4(C3)CN(c3ncnnc3Oc3ccc(F)cc3C(=O)N(CC)C(C)C)C4)c21. The first-order valence-electron chi connectivity index (χ1n) is 14.9. The summed E-state index contributed by atoms with van der Waals surface area (Å²) in [6.45, 7) is 10.9. The second-order valence-electron chi connectivity index (χ2n) is 11.9. The maximum Gasteiger partial charge on any atom is 0.282 e. The second-order valence-corrected chi connectivity index (χ2v) is 11.9. The average Bonchev–Trinajstić information content (AvgIpc) is 2.94. The van der Waals surface area contributed by atoms with Crippen molar-refractivity contribution in [1.29, 1.82) is 0 Å². The standard InChI is InChI=1S/C31H38FN7O3/c1-5-23-27-24(9-11-33-23)34-12-10-26(27)41-21-14-31(15-21)16-38(17-31)28-29(37-36-18-35-28)42-25-8-7-20(32)13-22(25)30(40)39(6-2)19(3)4/h7-8,10,12-13,18-19,21,23,33H,5-6,9,11,14-17H2,1-4H3. The number of carbonyl (C=O) groups is 1. The van der Waals surface area contributed by atoms with Crippen molar-refractivity contribution >= 4 is 11.7 Å². The molecule has 1 saturated heterocycles. The van der Waals surface area contributed by atoms with Gasteiger partial charge in [-0.2, -0.15) is 0 Å². The van der Waals surface area contributed by atoms with Crippen LogP contribution in [0.25, 0.3) is 0 Å². The topological polar surface area (TPSA) is 106 Å². The van der Waals surface area contributed by atoms with Gasteiger partial charge in [-0.1, -0.05) is 6.92 Å². The number of anilines is 1. The molecular weight excluding hydrogens is 537 g/mol. The predicted octanol–water partition coefficient (Wildman–Crippen LogP) is 4.71. The van der Waals surface area contributed by atoms with E-state index in [1.807, 2.05) is 33.0 Å². The number of fused-ring (bicyclic) bond motifs is 1. The molecule has 3 aromatic rings. The molecule has 4 heterocycles. The van der Waals surface area contributed by atoms with Crippen molar-refractivity contribution in [1.82, 2.24) is 30.4 Å². The van der Waals surface area contributed by atoms with Gasteiger partial charge in [0.15, 0.2) is 5.82 Å². The highest BCUT2D eigenvalue weighted by molar-refractivity contribution is 5.97. The van der Waals surface area contributed by atoms with Gasteiger partial charge in [0.05, 0.1) is 11.3 Å². The number of benzene rings is 1. The molecule has 0 bridgehead atoms. The van der Waals surface area contributed by atoms with Gasteiger partial charge in [0.25, 0.3) is 11.8 Å². The molecule has 11 heteroatoms. The van der Waals surface area contributed by atoms with Crippen molar-refractivity contribution in [2.75, 3.05) is 31.1 Å². The van der Waals surface area contributed by atoms with E-state index in [1.165, 1.54) is 30.1 Å². The molecule has 6 rings (SSSR count). The second kappa shape index (κ2) is 11.4. The van der Waals surface area contributed by atoms with Gasteiger partial charge in [0.1, 0.15) is 29.7 Å². The Balaban J connectivity index is 1.13. The molecule has 42 heavy (non-hydrogen) atoms. The van der Waals surface area contributed by atoms with Gasteiger partial charge < -0.3 is 24.6 Å². The zero-order chi connectivity index (χ0) is 29.4. The van der Waals surface area contributed by atoms with Gasteiger partial charge in [-0.3, -0.25) is 9.78 Å². The van der Waals surface area contributed by atoms with Crippen molar-refractivity contribution in [3.8, 4) is 17.4 Å². The number of carbonyl (C=O) groups excluding carboxylic acids is 1. The summed E-state index contributed by atoms with van der Waals surface area (Å²) in [5.74, 6) is 1.10. The first-order chi connectivity index (χ1) is 20.3. The van der Waals surface area contributed by atoms with E-state index in [1.54, 1.807) is 4.90 Å². The molecule has 3 aliphatic rings. The molecule has 1 saturated carbocycles. The minimum Gasteiger partial charge on any atom is -0.490 e. The molecule has 1 spiro atoms. The van der Waals surface area contributed by atoms with Crippen LogP contribution in [0.3, 0.4) is 0 Å². The summed E-state index contributed by atoms with van der Waals surface area (Å²) in [5.41, 5.74) is 2.65. The summed E-state index contributed by atoms with van der Waals surface area (Å²) in [6.07, 6.45) is 7.24. The summed E-state index contributed by atoms with van der Waals surface area (Å²) in [7, 11) is 0. The maximum atomic E-state index is 14.2. The fourth-order valence-corrected chi connectivity index (χ4v) is 6.63. The van der Waals surface area contributed by atoms with Crippen molar-refractivity contribution in [2.45, 2.75) is 71.6 Å². The van der Waals surface area contributed by atoms with Crippen molar-refractivity contribution in [3.63, 3.8) is 0 Å². The zero-order valence-electron chi connectivity index (χ0n) is 24.6. The number of nitrogens with one attached hydrogen (secondary N) is 1. The van der Waals surface area contributed by atoms with E-state index < -0.39 is 5.82 Å². The molecule has 1 unspecified atom stereocenters. The fraction of sp³-hybridized carbons (Fsp3) is 0.516. The van der Waals surface area contributed by atoms with Gasteiger partial charge in [-0.15, -0.1) is 10.2 Å². The van der Waals surface area contributed by atoms with E-state index in [0.717, 1.165) is 56.8 Å². The van der Waals surface area contributed by atoms with Gasteiger partial charge in [0, 0.05) is 61.9 Å². The number of ether oxygens (including phenoxy) is 2. The Hall–Kier alpha value is -3.86. The third-order valence-corrected chi connectivity index (χ3v) is 8.68. The van der Waals surface area contributed by atoms with Gasteiger partial charge in [-0.25, -0.2) is 9.37 Å². The van der Waals surface area contributed by atoms with Crippen molar-refractivity contribution in [3.05, 3.63) is 59.4 Å². The zero-order valence-corrected chi connectivity index (χ0v) is 24.6. The van der Waals surface area contributed by atoms with Crippen molar-refractivity contribution in [2.24, 2.45) is 5.41 Å². The minimum atomic E-state index is -0.511. The minimum absolute atomic E-state index is 0.0476. The Morgan fingerprint density at radius 2 is 2.00 bits per heavy atom. The Bertz CT molecular complexity index is 1450. The fourth-order valence-electron chi connectivity index (χ4n) is 6.63. The van der Waals surface area contributed by atoms with E-state index >= 15 is 0 Å². The number of aromatic nitrogens is 4. The van der Waals surface area contributed by atoms with Crippen LogP contribution in [0.1, 0.15) is 74.6 Å². The van der Waals surface area contributed by atoms with Crippen LogP contribution < -0.4 is 19.7 Å². The number of nitrogens with zero attached hydrogens (tertiary/aromatic N) is 6. The molecule has 1 atom stereocenters. The van der Waals surface area contributed by atoms with Crippen LogP contribution in [-0.4, -0.2) is 69.3 Å². The molecule has 1 N–H and O–H groups in total. The summed E-state index contributed by atoms with van der Waals surface area (Å²) in [6, 6.07) is 6.16. The Kier molecular flexibility index (Phi) is 7.69. The summed E-state index contributed by atoms with van der Waals surface area (Å²) in [5, 5.41) is 11.7. The lowest BCUT2D eigenvalue weighted by Crippen LogP contribution is -2.65. The van der Waals surface area contributed by atoms with Crippen LogP contribution >= 0.6 is 0 Å². The molecule has 10 nitrogen and oxygen atoms in total. The number of hydrogen-bond donors (Lipinski definition) is 1. The smallest absolute Gasteiger partial charge is 0.282 e. The molecule has 0 radical (unpaired) electrons. The van der Waals surface area contributed by atoms with Gasteiger partial charge in [-0.05, 0) is 64.3 Å². The lowest BCUT2D eigenvalue weighted by Gasteiger charge is -2.58. The van der Waals surface area contributed by atoms with Crippen LogP contribution in [0.4, 0.5) is 10.2 Å². The molecule has 2 aliphatic heterocycles. The van der Waals surface area contributed by atoms with Gasteiger partial charge >= 0.3 is 0 Å². The van der Waals surface area contributed by atoms with E-state index in [0.29, 0.717) is 12.4 Å². The summed E-state index contributed by atoms with van der Waals surface area (Å²) < 4.78 is 26.8. The van der Waals surface area contributed by atoms with Crippen LogP contribution in [0.15, 0.2) is 36.8 Å². The number of hydrogen-bond acceptors (Lipinski definition) is 9. The number of pyridine rings is 1. The van der Waals surface area contributed by atoms with Crippen LogP contribution in [0, 0.1) is 11.2 Å². The van der Waals surface area contributed by atoms with Crippen LogP contribution in [-0.2, 0) is 6.42 Å². The van der Waals surface area contributed by atoms with E-state index in [2.05, 4.69) is 37.3 Å². The summed E-state index contributed by atoms with van der Waals surface area (Å²) in [4.78, 5) is 26.1. The first-order valence-corrected chi connectivity index (χ1v) is 14.9. The lowest BCUT2D eigenvalue weighted by atomic mass is 9.61. The molecule has 222 valence electrons. The highest BCUT2D eigenvalue weighted by Crippen LogP contribution is 2.52. The Morgan fingerprint density at radius 3 is 2.74 bits per heavy atom. The molecule has 1 aromatic carbocycles. The highest BCUT2D eigenvalue weighted by Gasteiger charge is 2.54. The van der Waals surface area contributed by atoms with E-state index in [9.17, 15) is 9.18 Å². The third kappa shape index (κ3) is 5.26. The average molecular weight is 576 g/mol. The third-order valence-electron chi connectivity index (χ3n) is 8.68. The molecule has 1 aliphatic carbocycles. The number of amides is 1. The monoisotopic (exact) mass is 575 g/mol. The molecule has 1 amide bonds. The van der Waals surface area contributed by atoms with E-state index in [-0.39, 0.29) is 46.7 Å². The lowest BCUT2D eigenvalue weighted by molar-refractivity contribution is -0.0352. The largest absolute Gasteiger partial charge is 0.490 e. The van der Waals surface area contributed by atoms with Crippen molar-refractivity contribution < 1.29 is 18.7 Å². The van der Waals surface area contributed by atoms with E-state index in [4.69, 9.17) is 9.47 Å². The van der Waals surface area contributed by atoms with Crippen LogP contribution in [0.5, 0.6) is 17.4 Å². The highest BCUT2D eigenvalue weighted by atomic mass is 19.1. The number of rotatable bonds is 9. The Labute approximate surface area is 245 Å². The van der Waals surface area contributed by atoms with Crippen LogP contribution in [0.2, 0.25) is 0 Å². The Morgan fingerprint density at radius 1 is 1.19 bits per heavy atom.